The maximum absolute atomic E-state index is 6.05. The molecule has 0 fully saturated rings. The highest BCUT2D eigenvalue weighted by atomic mass is 32.1. The first-order valence-electron chi connectivity index (χ1n) is 8.83. The molecule has 3 heteroatoms. The quantitative estimate of drug-likeness (QED) is 0.483. The number of nitrogens with zero attached hydrogens (tertiary/aromatic N) is 1. The monoisotopic (exact) mass is 358 g/mol. The van der Waals surface area contributed by atoms with Crippen LogP contribution >= 0.6 is 11.3 Å². The number of nitrogen functional groups attached to an aromatic ring is 1. The third kappa shape index (κ3) is 2.99. The van der Waals surface area contributed by atoms with Crippen LogP contribution in [0.5, 0.6) is 0 Å². The Morgan fingerprint density at radius 3 is 2.27 bits per heavy atom. The van der Waals surface area contributed by atoms with Crippen molar-refractivity contribution in [1.29, 1.82) is 0 Å². The van der Waals surface area contributed by atoms with Gasteiger partial charge in [-0.15, -0.1) is 0 Å². The van der Waals surface area contributed by atoms with Crippen molar-refractivity contribution in [1.82, 2.24) is 4.98 Å². The third-order valence-electron chi connectivity index (χ3n) is 4.83. The van der Waals surface area contributed by atoms with Crippen LogP contribution in [0.1, 0.15) is 27.8 Å². The zero-order valence-electron chi connectivity index (χ0n) is 15.3. The summed E-state index contributed by atoms with van der Waals surface area (Å²) in [5, 5.41) is 0.625. The molecule has 0 saturated carbocycles. The standard InChI is InChI=1S/C23H22N2S/c1-14-11-15(2)20(16(3)12-14)21-18(13-17-7-5-4-6-8-17)9-10-19-22(21)25-23(24)26-19/h4-12H,13H2,1-3H3,(H2,24,25). The predicted molar refractivity (Wildman–Crippen MR) is 113 cm³/mol. The van der Waals surface area contributed by atoms with Gasteiger partial charge in [-0.05, 0) is 61.1 Å². The van der Waals surface area contributed by atoms with E-state index in [1.54, 1.807) is 11.3 Å². The smallest absolute Gasteiger partial charge is 0.181 e. The number of benzene rings is 3. The second kappa shape index (κ2) is 6.58. The summed E-state index contributed by atoms with van der Waals surface area (Å²) >= 11 is 1.56. The lowest BCUT2D eigenvalue weighted by Gasteiger charge is -2.17. The van der Waals surface area contributed by atoms with Crippen molar-refractivity contribution in [2.75, 3.05) is 5.73 Å². The topological polar surface area (TPSA) is 38.9 Å². The summed E-state index contributed by atoms with van der Waals surface area (Å²) in [5.74, 6) is 0. The second-order valence-electron chi connectivity index (χ2n) is 6.93. The number of nitrogens with two attached hydrogens (primary N) is 1. The summed E-state index contributed by atoms with van der Waals surface area (Å²) in [6.07, 6.45) is 0.885. The second-order valence-corrected chi connectivity index (χ2v) is 8.00. The molecule has 2 N–H and O–H groups in total. The summed E-state index contributed by atoms with van der Waals surface area (Å²) in [5.41, 5.74) is 16.1. The van der Waals surface area contributed by atoms with Crippen LogP contribution in [0, 0.1) is 20.8 Å². The highest BCUT2D eigenvalue weighted by Crippen LogP contribution is 2.39. The molecule has 0 aliphatic rings. The van der Waals surface area contributed by atoms with E-state index in [9.17, 15) is 0 Å². The van der Waals surface area contributed by atoms with Gasteiger partial charge in [0.15, 0.2) is 5.13 Å². The average molecular weight is 359 g/mol. The Labute approximate surface area is 158 Å². The van der Waals surface area contributed by atoms with E-state index >= 15 is 0 Å². The fourth-order valence-corrected chi connectivity index (χ4v) is 4.61. The van der Waals surface area contributed by atoms with E-state index in [-0.39, 0.29) is 0 Å². The maximum atomic E-state index is 6.05. The van der Waals surface area contributed by atoms with Crippen LogP contribution in [0.15, 0.2) is 54.6 Å². The van der Waals surface area contributed by atoms with Crippen LogP contribution in [0.25, 0.3) is 21.3 Å². The van der Waals surface area contributed by atoms with E-state index in [4.69, 9.17) is 10.7 Å². The number of hydrogen-bond acceptors (Lipinski definition) is 3. The lowest BCUT2D eigenvalue weighted by atomic mass is 9.88. The zero-order valence-corrected chi connectivity index (χ0v) is 16.2. The lowest BCUT2D eigenvalue weighted by Crippen LogP contribution is -1.98. The van der Waals surface area contributed by atoms with Crippen molar-refractivity contribution in [2.45, 2.75) is 27.2 Å². The summed E-state index contributed by atoms with van der Waals surface area (Å²) in [7, 11) is 0. The Kier molecular flexibility index (Phi) is 4.25. The number of hydrogen-bond donors (Lipinski definition) is 1. The Balaban J connectivity index is 2.00. The molecule has 0 amide bonds. The molecule has 0 atom stereocenters. The number of rotatable bonds is 3. The fourth-order valence-electron chi connectivity index (χ4n) is 3.87. The first-order valence-corrected chi connectivity index (χ1v) is 9.64. The van der Waals surface area contributed by atoms with Gasteiger partial charge in [-0.1, -0.05) is 65.4 Å². The number of aryl methyl sites for hydroxylation is 3. The fraction of sp³-hybridized carbons (Fsp3) is 0.174. The van der Waals surface area contributed by atoms with Crippen LogP contribution in [-0.2, 0) is 6.42 Å². The van der Waals surface area contributed by atoms with Crippen LogP contribution < -0.4 is 5.73 Å². The molecule has 26 heavy (non-hydrogen) atoms. The first-order chi connectivity index (χ1) is 12.5. The van der Waals surface area contributed by atoms with E-state index in [2.05, 4.69) is 75.4 Å². The van der Waals surface area contributed by atoms with E-state index < -0.39 is 0 Å². The van der Waals surface area contributed by atoms with Gasteiger partial charge >= 0.3 is 0 Å². The molecule has 4 rings (SSSR count). The van der Waals surface area contributed by atoms with Crippen LogP contribution in [0.3, 0.4) is 0 Å². The van der Waals surface area contributed by atoms with Gasteiger partial charge in [0.1, 0.15) is 0 Å². The molecule has 0 spiro atoms. The third-order valence-corrected chi connectivity index (χ3v) is 5.68. The van der Waals surface area contributed by atoms with Gasteiger partial charge in [0.2, 0.25) is 0 Å². The van der Waals surface area contributed by atoms with Crippen molar-refractivity contribution in [2.24, 2.45) is 0 Å². The highest BCUT2D eigenvalue weighted by molar-refractivity contribution is 7.22. The van der Waals surface area contributed by atoms with Crippen molar-refractivity contribution in [3.8, 4) is 11.1 Å². The summed E-state index contributed by atoms with van der Waals surface area (Å²) < 4.78 is 1.15. The van der Waals surface area contributed by atoms with Crippen molar-refractivity contribution in [3.63, 3.8) is 0 Å². The van der Waals surface area contributed by atoms with Crippen LogP contribution in [0.2, 0.25) is 0 Å². The first kappa shape index (κ1) is 16.8. The summed E-state index contributed by atoms with van der Waals surface area (Å²) in [6, 6.07) is 19.5. The number of anilines is 1. The maximum Gasteiger partial charge on any atom is 0.181 e. The van der Waals surface area contributed by atoms with Gasteiger partial charge in [0.25, 0.3) is 0 Å². The minimum Gasteiger partial charge on any atom is -0.375 e. The molecule has 0 radical (unpaired) electrons. The molecule has 0 unspecified atom stereocenters. The molecule has 1 aromatic heterocycles. The molecule has 1 heterocycles. The zero-order chi connectivity index (χ0) is 18.3. The van der Waals surface area contributed by atoms with Gasteiger partial charge in [-0.2, -0.15) is 0 Å². The number of aromatic nitrogens is 1. The molecular weight excluding hydrogens is 336 g/mol. The molecule has 3 aromatic carbocycles. The molecular formula is C23H22N2S. The Morgan fingerprint density at radius 1 is 0.885 bits per heavy atom. The SMILES string of the molecule is Cc1cc(C)c(-c2c(Cc3ccccc3)ccc3sc(N)nc23)c(C)c1. The number of fused-ring (bicyclic) bond motifs is 1. The molecule has 4 aromatic rings. The van der Waals surface area contributed by atoms with E-state index in [0.29, 0.717) is 5.13 Å². The molecule has 0 aliphatic carbocycles. The normalized spacial score (nSPS) is 11.2. The van der Waals surface area contributed by atoms with Gasteiger partial charge in [0, 0.05) is 5.56 Å². The summed E-state index contributed by atoms with van der Waals surface area (Å²) in [4.78, 5) is 4.69. The minimum atomic E-state index is 0.625. The largest absolute Gasteiger partial charge is 0.375 e. The molecule has 0 saturated heterocycles. The van der Waals surface area contributed by atoms with Gasteiger partial charge in [0.05, 0.1) is 10.2 Å². The summed E-state index contributed by atoms with van der Waals surface area (Å²) in [6.45, 7) is 6.53. The van der Waals surface area contributed by atoms with Crippen molar-refractivity contribution < 1.29 is 0 Å². The van der Waals surface area contributed by atoms with Crippen molar-refractivity contribution in [3.05, 3.63) is 82.4 Å². The van der Waals surface area contributed by atoms with E-state index in [1.807, 2.05) is 0 Å². The van der Waals surface area contributed by atoms with E-state index in [0.717, 1.165) is 16.6 Å². The van der Waals surface area contributed by atoms with Crippen LogP contribution in [0.4, 0.5) is 5.13 Å². The van der Waals surface area contributed by atoms with Crippen LogP contribution in [-0.4, -0.2) is 4.98 Å². The van der Waals surface area contributed by atoms with Gasteiger partial charge in [-0.3, -0.25) is 0 Å². The molecule has 130 valence electrons. The Hall–Kier alpha value is -2.65. The van der Waals surface area contributed by atoms with Gasteiger partial charge in [-0.25, -0.2) is 4.98 Å². The Morgan fingerprint density at radius 2 is 1.58 bits per heavy atom. The molecule has 0 bridgehead atoms. The van der Waals surface area contributed by atoms with E-state index in [1.165, 1.54) is 38.9 Å². The average Bonchev–Trinajstić information content (AvgIpc) is 2.97. The Bertz CT molecular complexity index is 1070. The molecule has 0 aliphatic heterocycles. The highest BCUT2D eigenvalue weighted by Gasteiger charge is 2.17. The van der Waals surface area contributed by atoms with Crippen molar-refractivity contribution >= 4 is 26.7 Å². The lowest BCUT2D eigenvalue weighted by molar-refractivity contribution is 1.19. The van der Waals surface area contributed by atoms with Gasteiger partial charge < -0.3 is 5.73 Å². The number of thiazole rings is 1. The minimum absolute atomic E-state index is 0.625. The predicted octanol–water partition coefficient (Wildman–Crippen LogP) is 6.06. The molecule has 2 nitrogen and oxygen atoms in total.